The second-order valence-electron chi connectivity index (χ2n) is 4.96. The van der Waals surface area contributed by atoms with Crippen LogP contribution >= 0.6 is 0 Å². The quantitative estimate of drug-likeness (QED) is 0.751. The monoisotopic (exact) mass is 299 g/mol. The zero-order valence-electron chi connectivity index (χ0n) is 12.0. The Kier molecular flexibility index (Phi) is 3.18. The number of aliphatic hydroxyl groups excluding tert-OH is 1. The van der Waals surface area contributed by atoms with Gasteiger partial charge in [-0.25, -0.2) is 0 Å². The van der Waals surface area contributed by atoms with Gasteiger partial charge >= 0.3 is 0 Å². The minimum Gasteiger partial charge on any atom is -0.491 e. The van der Waals surface area contributed by atoms with E-state index in [-0.39, 0.29) is 33.7 Å². The third-order valence-corrected chi connectivity index (χ3v) is 3.87. The topological polar surface area (TPSA) is 85.6 Å². The second-order valence-corrected chi connectivity index (χ2v) is 4.96. The van der Waals surface area contributed by atoms with Gasteiger partial charge in [0.1, 0.15) is 5.69 Å². The summed E-state index contributed by atoms with van der Waals surface area (Å²) in [5, 5.41) is 9.58. The third-order valence-electron chi connectivity index (χ3n) is 3.87. The number of fused-ring (bicyclic) bond motifs is 2. The fourth-order valence-electron chi connectivity index (χ4n) is 2.82. The van der Waals surface area contributed by atoms with E-state index in [1.165, 1.54) is 14.2 Å². The average Bonchev–Trinajstić information content (AvgIpc) is 2.54. The molecule has 1 N–H and O–H groups in total. The van der Waals surface area contributed by atoms with E-state index in [1.54, 1.807) is 24.3 Å². The lowest BCUT2D eigenvalue weighted by Gasteiger charge is -2.23. The highest BCUT2D eigenvalue weighted by Gasteiger charge is 2.35. The number of aliphatic hydroxyl groups is 1. The molecule has 6 nitrogen and oxygen atoms in total. The maximum Gasteiger partial charge on any atom is 0.293 e. The van der Waals surface area contributed by atoms with E-state index in [0.717, 1.165) is 4.57 Å². The molecule has 1 aromatic heterocycles. The maximum absolute atomic E-state index is 12.7. The summed E-state index contributed by atoms with van der Waals surface area (Å²) in [6.07, 6.45) is 0. The number of rotatable bonds is 2. The zero-order chi connectivity index (χ0) is 16.0. The molecule has 0 amide bonds. The fourth-order valence-corrected chi connectivity index (χ4v) is 2.82. The van der Waals surface area contributed by atoms with Crippen LogP contribution in [-0.2, 0) is 13.7 Å². The van der Waals surface area contributed by atoms with Crippen LogP contribution in [0.25, 0.3) is 0 Å². The molecule has 1 aromatic carbocycles. The number of carbonyl (C=O) groups is 2. The molecule has 1 aliphatic rings. The maximum atomic E-state index is 12.7. The largest absolute Gasteiger partial charge is 0.491 e. The fraction of sp³-hybridized carbons (Fsp3) is 0.188. The van der Waals surface area contributed by atoms with Crippen LogP contribution in [0, 0.1) is 0 Å². The van der Waals surface area contributed by atoms with Crippen molar-refractivity contribution in [2.45, 2.75) is 6.61 Å². The lowest BCUT2D eigenvalue weighted by molar-refractivity contribution is 0.0968. The van der Waals surface area contributed by atoms with Crippen LogP contribution in [-0.4, -0.2) is 28.3 Å². The van der Waals surface area contributed by atoms with Gasteiger partial charge in [-0.3, -0.25) is 14.4 Å². The van der Waals surface area contributed by atoms with Gasteiger partial charge in [-0.05, 0) is 0 Å². The number of pyridine rings is 1. The van der Waals surface area contributed by atoms with Crippen molar-refractivity contribution in [1.29, 1.82) is 0 Å². The normalized spacial score (nSPS) is 12.9. The second kappa shape index (κ2) is 4.92. The Morgan fingerprint density at radius 2 is 1.68 bits per heavy atom. The molecule has 0 unspecified atom stereocenters. The third kappa shape index (κ3) is 1.67. The Bertz CT molecular complexity index is 879. The van der Waals surface area contributed by atoms with E-state index in [4.69, 9.17) is 4.74 Å². The van der Waals surface area contributed by atoms with E-state index in [1.807, 2.05) is 0 Å². The summed E-state index contributed by atoms with van der Waals surface area (Å²) < 4.78 is 6.13. The average molecular weight is 299 g/mol. The smallest absolute Gasteiger partial charge is 0.293 e. The molecule has 1 aliphatic carbocycles. The Balaban J connectivity index is 2.48. The molecule has 0 bridgehead atoms. The minimum atomic E-state index is -0.567. The van der Waals surface area contributed by atoms with Gasteiger partial charge < -0.3 is 14.4 Å². The molecule has 3 rings (SSSR count). The minimum absolute atomic E-state index is 0.0152. The van der Waals surface area contributed by atoms with Gasteiger partial charge in [-0.15, -0.1) is 0 Å². The van der Waals surface area contributed by atoms with Crippen LogP contribution in [0.4, 0.5) is 0 Å². The molecule has 0 atom stereocenters. The number of methoxy groups -OCH3 is 1. The Morgan fingerprint density at radius 1 is 1.09 bits per heavy atom. The lowest BCUT2D eigenvalue weighted by atomic mass is 9.84. The number of benzene rings is 1. The van der Waals surface area contributed by atoms with E-state index >= 15 is 0 Å². The summed E-state index contributed by atoms with van der Waals surface area (Å²) in [4.78, 5) is 37.7. The number of hydrogen-bond acceptors (Lipinski definition) is 5. The first-order valence-corrected chi connectivity index (χ1v) is 6.62. The van der Waals surface area contributed by atoms with E-state index in [2.05, 4.69) is 0 Å². The van der Waals surface area contributed by atoms with Crippen molar-refractivity contribution >= 4 is 11.6 Å². The highest BCUT2D eigenvalue weighted by molar-refractivity contribution is 6.28. The molecule has 0 fully saturated rings. The summed E-state index contributed by atoms with van der Waals surface area (Å²) in [6.45, 7) is -0.567. The van der Waals surface area contributed by atoms with Gasteiger partial charge in [0.25, 0.3) is 5.56 Å². The Labute approximate surface area is 125 Å². The van der Waals surface area contributed by atoms with E-state index in [0.29, 0.717) is 0 Å². The first-order chi connectivity index (χ1) is 10.5. The highest BCUT2D eigenvalue weighted by atomic mass is 16.5. The molecule has 1 heterocycles. The van der Waals surface area contributed by atoms with Crippen molar-refractivity contribution in [3.63, 3.8) is 0 Å². The van der Waals surface area contributed by atoms with Gasteiger partial charge in [0.2, 0.25) is 5.78 Å². The molecular weight excluding hydrogens is 286 g/mol. The molecule has 22 heavy (non-hydrogen) atoms. The van der Waals surface area contributed by atoms with Crippen molar-refractivity contribution in [3.8, 4) is 5.75 Å². The van der Waals surface area contributed by atoms with E-state index in [9.17, 15) is 19.5 Å². The summed E-state index contributed by atoms with van der Waals surface area (Å²) in [6, 6.07) is 6.42. The summed E-state index contributed by atoms with van der Waals surface area (Å²) in [5.74, 6) is -0.936. The van der Waals surface area contributed by atoms with Crippen molar-refractivity contribution in [2.75, 3.05) is 7.11 Å². The van der Waals surface area contributed by atoms with Crippen LogP contribution < -0.4 is 10.3 Å². The van der Waals surface area contributed by atoms with Crippen molar-refractivity contribution in [2.24, 2.45) is 7.05 Å². The van der Waals surface area contributed by atoms with Gasteiger partial charge in [0.05, 0.1) is 19.3 Å². The van der Waals surface area contributed by atoms with Gasteiger partial charge in [0.15, 0.2) is 11.5 Å². The van der Waals surface area contributed by atoms with Crippen LogP contribution in [0.1, 0.15) is 37.5 Å². The van der Waals surface area contributed by atoms with Crippen molar-refractivity contribution in [3.05, 3.63) is 62.6 Å². The first-order valence-electron chi connectivity index (χ1n) is 6.62. The molecule has 112 valence electrons. The van der Waals surface area contributed by atoms with Crippen LogP contribution in [0.2, 0.25) is 0 Å². The number of ketones is 2. The van der Waals surface area contributed by atoms with Crippen LogP contribution in [0.5, 0.6) is 5.75 Å². The summed E-state index contributed by atoms with van der Waals surface area (Å²) >= 11 is 0. The molecule has 0 spiro atoms. The summed E-state index contributed by atoms with van der Waals surface area (Å²) in [5.41, 5.74) is 0.0162. The van der Waals surface area contributed by atoms with Crippen LogP contribution in [0.15, 0.2) is 29.1 Å². The van der Waals surface area contributed by atoms with Crippen molar-refractivity contribution < 1.29 is 19.4 Å². The molecule has 0 radical (unpaired) electrons. The Hall–Kier alpha value is -2.73. The number of ether oxygens (including phenoxy) is 1. The number of carbonyl (C=O) groups excluding carboxylic acids is 2. The van der Waals surface area contributed by atoms with Gasteiger partial charge in [0, 0.05) is 23.7 Å². The molecule has 2 aromatic rings. The van der Waals surface area contributed by atoms with Gasteiger partial charge in [-0.1, -0.05) is 24.3 Å². The predicted octanol–water partition coefficient (Wildman–Crippen LogP) is 0.662. The molecule has 0 aliphatic heterocycles. The molecule has 6 heteroatoms. The Morgan fingerprint density at radius 3 is 2.23 bits per heavy atom. The SMILES string of the molecule is COc1c(CO)c2c(n(C)c1=O)C(=O)c1ccccc1C2=O. The van der Waals surface area contributed by atoms with E-state index < -0.39 is 23.7 Å². The number of hydrogen-bond donors (Lipinski definition) is 1. The zero-order valence-corrected chi connectivity index (χ0v) is 12.0. The summed E-state index contributed by atoms with van der Waals surface area (Å²) in [7, 11) is 2.69. The molecule has 0 saturated carbocycles. The number of nitrogens with zero attached hydrogens (tertiary/aromatic N) is 1. The van der Waals surface area contributed by atoms with Crippen LogP contribution in [0.3, 0.4) is 0 Å². The standard InChI is InChI=1S/C16H13NO5/c1-17-12-11(10(7-18)15(22-2)16(17)21)13(19)8-5-3-4-6-9(8)14(12)20/h3-6,18H,7H2,1-2H3. The number of aromatic nitrogens is 1. The predicted molar refractivity (Wildman–Crippen MR) is 77.5 cm³/mol. The van der Waals surface area contributed by atoms with Gasteiger partial charge in [-0.2, -0.15) is 0 Å². The lowest BCUT2D eigenvalue weighted by Crippen LogP contribution is -2.34. The highest BCUT2D eigenvalue weighted by Crippen LogP contribution is 2.31. The molecule has 0 saturated heterocycles. The molecular formula is C16H13NO5. The first kappa shape index (κ1) is 14.2. The van der Waals surface area contributed by atoms with Crippen molar-refractivity contribution in [1.82, 2.24) is 4.57 Å².